The van der Waals surface area contributed by atoms with Gasteiger partial charge < -0.3 is 4.42 Å². The minimum atomic E-state index is 0.935. The predicted octanol–water partition coefficient (Wildman–Crippen LogP) is 6.84. The van der Waals surface area contributed by atoms with E-state index in [1.54, 1.807) is 0 Å². The van der Waals surface area contributed by atoms with Crippen LogP contribution in [0, 0.1) is 0 Å². The van der Waals surface area contributed by atoms with Crippen LogP contribution >= 0.6 is 0 Å². The molecule has 0 N–H and O–H groups in total. The minimum absolute atomic E-state index is 0.935. The maximum atomic E-state index is 6.20. The summed E-state index contributed by atoms with van der Waals surface area (Å²) in [4.78, 5) is 0. The van der Waals surface area contributed by atoms with Gasteiger partial charge in [-0.05, 0) is 29.2 Å². The van der Waals surface area contributed by atoms with Crippen LogP contribution < -0.4 is 0 Å². The highest BCUT2D eigenvalue weighted by atomic mass is 16.3. The van der Waals surface area contributed by atoms with Crippen molar-refractivity contribution in [3.8, 4) is 11.1 Å². The molecule has 0 unspecified atom stereocenters. The van der Waals surface area contributed by atoms with E-state index in [1.165, 1.54) is 27.5 Å². The molecule has 0 atom stereocenters. The molecule has 5 aromatic rings. The highest BCUT2D eigenvalue weighted by Crippen LogP contribution is 2.35. The Morgan fingerprint density at radius 1 is 0.577 bits per heavy atom. The third-order valence-corrected chi connectivity index (χ3v) is 4.89. The van der Waals surface area contributed by atoms with Gasteiger partial charge in [-0.15, -0.1) is 0 Å². The molecular formula is C25H18O. The topological polar surface area (TPSA) is 13.1 Å². The fraction of sp³-hybridized carbons (Fsp3) is 0.0400. The Kier molecular flexibility index (Phi) is 3.57. The molecule has 26 heavy (non-hydrogen) atoms. The van der Waals surface area contributed by atoms with Crippen LogP contribution in [0.3, 0.4) is 0 Å². The van der Waals surface area contributed by atoms with Crippen molar-refractivity contribution in [1.82, 2.24) is 0 Å². The summed E-state index contributed by atoms with van der Waals surface area (Å²) in [5.41, 5.74) is 6.88. The van der Waals surface area contributed by atoms with Crippen LogP contribution in [0.15, 0.2) is 101 Å². The molecule has 1 nitrogen and oxygen atoms in total. The molecule has 0 aliphatic rings. The number of para-hydroxylation sites is 2. The van der Waals surface area contributed by atoms with E-state index in [0.29, 0.717) is 0 Å². The van der Waals surface area contributed by atoms with Crippen molar-refractivity contribution < 1.29 is 4.42 Å². The van der Waals surface area contributed by atoms with Crippen molar-refractivity contribution in [3.63, 3.8) is 0 Å². The molecule has 0 aliphatic carbocycles. The monoisotopic (exact) mass is 334 g/mol. The Labute approximate surface area is 152 Å². The maximum absolute atomic E-state index is 6.20. The van der Waals surface area contributed by atoms with E-state index in [0.717, 1.165) is 23.2 Å². The van der Waals surface area contributed by atoms with E-state index >= 15 is 0 Å². The lowest BCUT2D eigenvalue weighted by Crippen LogP contribution is -1.88. The van der Waals surface area contributed by atoms with Crippen molar-refractivity contribution in [1.29, 1.82) is 0 Å². The molecule has 1 heteroatoms. The number of rotatable bonds is 3. The van der Waals surface area contributed by atoms with Gasteiger partial charge in [0.1, 0.15) is 11.2 Å². The van der Waals surface area contributed by atoms with Gasteiger partial charge >= 0.3 is 0 Å². The highest BCUT2D eigenvalue weighted by Gasteiger charge is 2.11. The molecule has 1 aromatic heterocycles. The second-order valence-electron chi connectivity index (χ2n) is 6.64. The van der Waals surface area contributed by atoms with E-state index in [4.69, 9.17) is 4.42 Å². The van der Waals surface area contributed by atoms with Gasteiger partial charge in [-0.25, -0.2) is 0 Å². The summed E-state index contributed by atoms with van der Waals surface area (Å²) in [6.45, 7) is 0. The zero-order chi connectivity index (χ0) is 17.3. The second kappa shape index (κ2) is 6.20. The highest BCUT2D eigenvalue weighted by molar-refractivity contribution is 6.09. The fourth-order valence-electron chi connectivity index (χ4n) is 3.65. The van der Waals surface area contributed by atoms with Crippen LogP contribution in [-0.2, 0) is 6.42 Å². The number of hydrogen-bond acceptors (Lipinski definition) is 1. The van der Waals surface area contributed by atoms with Crippen LogP contribution in [0.25, 0.3) is 33.1 Å². The van der Waals surface area contributed by atoms with E-state index in [9.17, 15) is 0 Å². The Morgan fingerprint density at radius 2 is 1.31 bits per heavy atom. The second-order valence-corrected chi connectivity index (χ2v) is 6.64. The lowest BCUT2D eigenvalue weighted by Gasteiger charge is -2.07. The summed E-state index contributed by atoms with van der Waals surface area (Å²) in [5.74, 6) is 0. The van der Waals surface area contributed by atoms with Gasteiger partial charge in [0.2, 0.25) is 0 Å². The zero-order valence-corrected chi connectivity index (χ0v) is 14.4. The van der Waals surface area contributed by atoms with Crippen LogP contribution in [-0.4, -0.2) is 0 Å². The first-order valence-corrected chi connectivity index (χ1v) is 8.92. The zero-order valence-electron chi connectivity index (χ0n) is 14.4. The number of hydrogen-bond donors (Lipinski definition) is 0. The average molecular weight is 334 g/mol. The van der Waals surface area contributed by atoms with Crippen LogP contribution in [0.1, 0.15) is 11.1 Å². The van der Waals surface area contributed by atoms with Crippen molar-refractivity contribution in [2.24, 2.45) is 0 Å². The van der Waals surface area contributed by atoms with E-state index in [-0.39, 0.29) is 0 Å². The Balaban J connectivity index is 1.63. The number of fused-ring (bicyclic) bond motifs is 3. The summed E-state index contributed by atoms with van der Waals surface area (Å²) in [7, 11) is 0. The molecule has 1 heterocycles. The first-order chi connectivity index (χ1) is 12.9. The standard InChI is InChI=1S/C25H18O/c1-2-8-18(9-3-1)16-19-10-6-11-20(17-19)21-13-7-14-23-22-12-4-5-15-24(22)26-25(21)23/h1-15,17H,16H2. The van der Waals surface area contributed by atoms with Gasteiger partial charge in [0.25, 0.3) is 0 Å². The van der Waals surface area contributed by atoms with Gasteiger partial charge in [0.05, 0.1) is 0 Å². The van der Waals surface area contributed by atoms with E-state index in [1.807, 2.05) is 12.1 Å². The van der Waals surface area contributed by atoms with Gasteiger partial charge in [0.15, 0.2) is 0 Å². The van der Waals surface area contributed by atoms with Gasteiger partial charge in [-0.2, -0.15) is 0 Å². The molecule has 0 saturated heterocycles. The third-order valence-electron chi connectivity index (χ3n) is 4.89. The Morgan fingerprint density at radius 3 is 2.23 bits per heavy atom. The van der Waals surface area contributed by atoms with Crippen LogP contribution in [0.5, 0.6) is 0 Å². The summed E-state index contributed by atoms with van der Waals surface area (Å²) in [6, 6.07) is 34.0. The van der Waals surface area contributed by atoms with Crippen molar-refractivity contribution in [3.05, 3.63) is 108 Å². The van der Waals surface area contributed by atoms with Crippen molar-refractivity contribution in [2.45, 2.75) is 6.42 Å². The van der Waals surface area contributed by atoms with E-state index < -0.39 is 0 Å². The first-order valence-electron chi connectivity index (χ1n) is 8.92. The van der Waals surface area contributed by atoms with Crippen LogP contribution in [0.4, 0.5) is 0 Å². The predicted molar refractivity (Wildman–Crippen MR) is 108 cm³/mol. The molecule has 0 radical (unpaired) electrons. The average Bonchev–Trinajstić information content (AvgIpc) is 3.08. The SMILES string of the molecule is c1ccc(Cc2cccc(-c3cccc4c3oc3ccccc34)c2)cc1. The van der Waals surface area contributed by atoms with Gasteiger partial charge in [0, 0.05) is 16.3 Å². The summed E-state index contributed by atoms with van der Waals surface area (Å²) >= 11 is 0. The lowest BCUT2D eigenvalue weighted by molar-refractivity contribution is 0.670. The summed E-state index contributed by atoms with van der Waals surface area (Å²) < 4.78 is 6.20. The minimum Gasteiger partial charge on any atom is -0.455 e. The lowest BCUT2D eigenvalue weighted by atomic mass is 9.98. The smallest absolute Gasteiger partial charge is 0.143 e. The van der Waals surface area contributed by atoms with Gasteiger partial charge in [-0.3, -0.25) is 0 Å². The molecule has 0 fully saturated rings. The molecular weight excluding hydrogens is 316 g/mol. The molecule has 0 aliphatic heterocycles. The fourth-order valence-corrected chi connectivity index (χ4v) is 3.65. The third kappa shape index (κ3) is 2.58. The van der Waals surface area contributed by atoms with Crippen molar-refractivity contribution >= 4 is 21.9 Å². The quantitative estimate of drug-likeness (QED) is 0.352. The Bertz CT molecular complexity index is 1200. The molecule has 5 rings (SSSR count). The number of benzene rings is 4. The largest absolute Gasteiger partial charge is 0.455 e. The maximum Gasteiger partial charge on any atom is 0.143 e. The number of furan rings is 1. The van der Waals surface area contributed by atoms with Crippen LogP contribution in [0.2, 0.25) is 0 Å². The summed E-state index contributed by atoms with van der Waals surface area (Å²) in [5, 5.41) is 2.34. The molecule has 0 saturated carbocycles. The molecule has 0 amide bonds. The molecule has 124 valence electrons. The molecule has 0 spiro atoms. The van der Waals surface area contributed by atoms with Gasteiger partial charge in [-0.1, -0.05) is 91.0 Å². The van der Waals surface area contributed by atoms with E-state index in [2.05, 4.69) is 84.9 Å². The first kappa shape index (κ1) is 15.0. The molecule has 0 bridgehead atoms. The molecule has 4 aromatic carbocycles. The Hall–Kier alpha value is -3.32. The van der Waals surface area contributed by atoms with Crippen molar-refractivity contribution in [2.75, 3.05) is 0 Å². The normalized spacial score (nSPS) is 11.2. The summed E-state index contributed by atoms with van der Waals surface area (Å²) in [6.07, 6.45) is 0.935.